The van der Waals surface area contributed by atoms with E-state index in [9.17, 15) is 0 Å². The Balaban J connectivity index is 3.00. The molecule has 0 heterocycles. The van der Waals surface area contributed by atoms with E-state index in [-0.39, 0.29) is 0 Å². The third-order valence-electron chi connectivity index (χ3n) is 2.45. The van der Waals surface area contributed by atoms with Gasteiger partial charge in [0.25, 0.3) is 0 Å². The standard InChI is InChI=1S/C14H15NO2/c1-11(3-2-6-15)7-12-4-5-13(9-16)14(8-12)10-17/h3-5,8-10,16-17H,2,7H2,1H3. The van der Waals surface area contributed by atoms with Gasteiger partial charge in [0.05, 0.1) is 25.0 Å². The van der Waals surface area contributed by atoms with Crippen molar-refractivity contribution in [3.63, 3.8) is 0 Å². The normalized spacial score (nSPS) is 13.8. The molecule has 0 bridgehead atoms. The summed E-state index contributed by atoms with van der Waals surface area (Å²) in [6.45, 7) is 1.96. The van der Waals surface area contributed by atoms with Gasteiger partial charge in [-0.3, -0.25) is 0 Å². The Kier molecular flexibility index (Phi) is 4.83. The highest BCUT2D eigenvalue weighted by atomic mass is 16.2. The number of aliphatic hydroxyl groups excluding tert-OH is 2. The summed E-state index contributed by atoms with van der Waals surface area (Å²) in [5, 5.41) is 27.6. The Hall–Kier alpha value is -2.21. The van der Waals surface area contributed by atoms with E-state index in [0.29, 0.717) is 16.9 Å². The number of rotatable bonds is 3. The van der Waals surface area contributed by atoms with Gasteiger partial charge in [-0.25, -0.2) is 0 Å². The first kappa shape index (κ1) is 12.9. The van der Waals surface area contributed by atoms with Crippen molar-refractivity contribution >= 4 is 12.5 Å². The molecule has 0 atom stereocenters. The van der Waals surface area contributed by atoms with Crippen molar-refractivity contribution in [2.45, 2.75) is 19.8 Å². The number of benzene rings is 1. The predicted molar refractivity (Wildman–Crippen MR) is 67.6 cm³/mol. The molecule has 0 spiro atoms. The fraction of sp³-hybridized carbons (Fsp3) is 0.214. The molecule has 17 heavy (non-hydrogen) atoms. The molecule has 3 heteroatoms. The minimum absolute atomic E-state index is 0.410. The van der Waals surface area contributed by atoms with Crippen molar-refractivity contribution < 1.29 is 10.2 Å². The van der Waals surface area contributed by atoms with Gasteiger partial charge in [0.15, 0.2) is 0 Å². The Labute approximate surface area is 100 Å². The Morgan fingerprint density at radius 3 is 2.59 bits per heavy atom. The van der Waals surface area contributed by atoms with Crippen LogP contribution < -0.4 is 10.4 Å². The molecule has 1 rings (SSSR count). The van der Waals surface area contributed by atoms with E-state index in [1.807, 2.05) is 25.1 Å². The number of hydrogen-bond acceptors (Lipinski definition) is 3. The summed E-state index contributed by atoms with van der Waals surface area (Å²) in [6, 6.07) is 7.51. The zero-order chi connectivity index (χ0) is 12.7. The van der Waals surface area contributed by atoms with Crippen molar-refractivity contribution in [2.24, 2.45) is 0 Å². The first-order chi connectivity index (χ1) is 8.21. The lowest BCUT2D eigenvalue weighted by Gasteiger charge is -2.01. The van der Waals surface area contributed by atoms with Crippen LogP contribution in [0.2, 0.25) is 0 Å². The molecule has 0 aliphatic carbocycles. The molecule has 2 N–H and O–H groups in total. The molecule has 0 aliphatic heterocycles. The first-order valence-electron chi connectivity index (χ1n) is 5.31. The van der Waals surface area contributed by atoms with Gasteiger partial charge in [-0.05, 0) is 25.0 Å². The Bertz CT molecular complexity index is 565. The summed E-state index contributed by atoms with van der Waals surface area (Å²) < 4.78 is 0. The third-order valence-corrected chi connectivity index (χ3v) is 2.45. The van der Waals surface area contributed by atoms with Crippen molar-refractivity contribution in [3.8, 4) is 6.07 Å². The molecule has 88 valence electrons. The summed E-state index contributed by atoms with van der Waals surface area (Å²) >= 11 is 0. The first-order valence-corrected chi connectivity index (χ1v) is 5.31. The van der Waals surface area contributed by atoms with Gasteiger partial charge in [-0.1, -0.05) is 23.8 Å². The molecule has 0 unspecified atom stereocenters. The van der Waals surface area contributed by atoms with Gasteiger partial charge < -0.3 is 10.2 Å². The molecule has 0 amide bonds. The van der Waals surface area contributed by atoms with Crippen LogP contribution in [0.1, 0.15) is 18.9 Å². The Morgan fingerprint density at radius 1 is 1.29 bits per heavy atom. The average molecular weight is 229 g/mol. The number of allylic oxidation sites excluding steroid dienone is 2. The summed E-state index contributed by atoms with van der Waals surface area (Å²) in [7, 11) is 0. The van der Waals surface area contributed by atoms with Crippen LogP contribution in [0, 0.1) is 11.3 Å². The van der Waals surface area contributed by atoms with Gasteiger partial charge in [-0.2, -0.15) is 5.26 Å². The van der Waals surface area contributed by atoms with Crippen LogP contribution in [-0.2, 0) is 6.42 Å². The molecule has 0 radical (unpaired) electrons. The monoisotopic (exact) mass is 229 g/mol. The van der Waals surface area contributed by atoms with Crippen LogP contribution in [0.4, 0.5) is 0 Å². The highest BCUT2D eigenvalue weighted by molar-refractivity contribution is 5.30. The highest BCUT2D eigenvalue weighted by Gasteiger charge is 1.96. The largest absolute Gasteiger partial charge is 0.515 e. The van der Waals surface area contributed by atoms with Crippen LogP contribution in [-0.4, -0.2) is 10.2 Å². The van der Waals surface area contributed by atoms with E-state index in [2.05, 4.69) is 6.07 Å². The maximum absolute atomic E-state index is 9.04. The fourth-order valence-corrected chi connectivity index (χ4v) is 1.58. The lowest BCUT2D eigenvalue weighted by molar-refractivity contribution is 0.533. The van der Waals surface area contributed by atoms with Crippen LogP contribution in [0.15, 0.2) is 29.8 Å². The second kappa shape index (κ2) is 6.39. The van der Waals surface area contributed by atoms with Gasteiger partial charge >= 0.3 is 0 Å². The summed E-state index contributed by atoms with van der Waals surface area (Å²) in [5.41, 5.74) is 2.14. The van der Waals surface area contributed by atoms with E-state index in [0.717, 1.165) is 30.1 Å². The van der Waals surface area contributed by atoms with Gasteiger partial charge in [0, 0.05) is 10.4 Å². The van der Waals surface area contributed by atoms with Gasteiger partial charge in [0.1, 0.15) is 0 Å². The van der Waals surface area contributed by atoms with Crippen LogP contribution in [0.5, 0.6) is 0 Å². The third kappa shape index (κ3) is 3.69. The minimum atomic E-state index is 0.410. The van der Waals surface area contributed by atoms with Crippen molar-refractivity contribution in [1.29, 1.82) is 5.26 Å². The second-order valence-corrected chi connectivity index (χ2v) is 3.81. The number of hydrogen-bond donors (Lipinski definition) is 2. The molecule has 1 aromatic carbocycles. The SMILES string of the molecule is CC(=CCC#N)Cc1ccc(=CO)c(=CO)c1. The van der Waals surface area contributed by atoms with E-state index in [1.54, 1.807) is 6.07 Å². The molecule has 0 saturated carbocycles. The minimum Gasteiger partial charge on any atom is -0.515 e. The zero-order valence-electron chi connectivity index (χ0n) is 9.72. The maximum Gasteiger partial charge on any atom is 0.0871 e. The molecule has 0 saturated heterocycles. The van der Waals surface area contributed by atoms with Crippen molar-refractivity contribution in [2.75, 3.05) is 0 Å². The van der Waals surface area contributed by atoms with Crippen LogP contribution in [0.25, 0.3) is 12.5 Å². The fourth-order valence-electron chi connectivity index (χ4n) is 1.58. The van der Waals surface area contributed by atoms with E-state index in [1.165, 1.54) is 0 Å². The summed E-state index contributed by atoms with van der Waals surface area (Å²) in [5.74, 6) is 0. The second-order valence-electron chi connectivity index (χ2n) is 3.81. The molecule has 0 aliphatic rings. The molecule has 0 fully saturated rings. The van der Waals surface area contributed by atoms with E-state index < -0.39 is 0 Å². The summed E-state index contributed by atoms with van der Waals surface area (Å²) in [6.07, 6.45) is 4.96. The van der Waals surface area contributed by atoms with E-state index in [4.69, 9.17) is 15.5 Å². The Morgan fingerprint density at radius 2 is 2.00 bits per heavy atom. The van der Waals surface area contributed by atoms with Crippen LogP contribution >= 0.6 is 0 Å². The smallest absolute Gasteiger partial charge is 0.0871 e. The number of nitriles is 1. The number of nitrogens with zero attached hydrogens (tertiary/aromatic N) is 1. The lowest BCUT2D eigenvalue weighted by atomic mass is 10.0. The lowest BCUT2D eigenvalue weighted by Crippen LogP contribution is -2.24. The van der Waals surface area contributed by atoms with Crippen molar-refractivity contribution in [3.05, 3.63) is 45.8 Å². The maximum atomic E-state index is 9.04. The van der Waals surface area contributed by atoms with Crippen LogP contribution in [0.3, 0.4) is 0 Å². The predicted octanol–water partition coefficient (Wildman–Crippen LogP) is 1.68. The highest BCUT2D eigenvalue weighted by Crippen LogP contribution is 2.05. The number of aliphatic hydroxyl groups is 2. The van der Waals surface area contributed by atoms with Crippen molar-refractivity contribution in [1.82, 2.24) is 0 Å². The molecule has 0 aromatic heterocycles. The molecular formula is C14H15NO2. The molecule has 3 nitrogen and oxygen atoms in total. The van der Waals surface area contributed by atoms with Gasteiger partial charge in [-0.15, -0.1) is 0 Å². The average Bonchev–Trinajstić information content (AvgIpc) is 2.36. The quantitative estimate of drug-likeness (QED) is 0.775. The van der Waals surface area contributed by atoms with Gasteiger partial charge in [0.2, 0.25) is 0 Å². The summed E-state index contributed by atoms with van der Waals surface area (Å²) in [4.78, 5) is 0. The molecular weight excluding hydrogens is 214 g/mol. The molecule has 1 aromatic rings. The van der Waals surface area contributed by atoms with E-state index >= 15 is 0 Å². The topological polar surface area (TPSA) is 64.2 Å². The zero-order valence-corrected chi connectivity index (χ0v) is 9.72.